The Morgan fingerprint density at radius 2 is 1.61 bits per heavy atom. The van der Waals surface area contributed by atoms with Gasteiger partial charge in [-0.1, -0.05) is 75.2 Å². The molecule has 0 heterocycles. The maximum absolute atomic E-state index is 13.5. The molecule has 8 nitrogen and oxygen atoms in total. The first-order valence-electron chi connectivity index (χ1n) is 14.3. The minimum Gasteiger partial charge on any atom is -0.449 e. The Kier molecular flexibility index (Phi) is 10.4. The number of aliphatic hydroxyl groups is 1. The van der Waals surface area contributed by atoms with Gasteiger partial charge in [0, 0.05) is 30.7 Å². The number of aliphatic hydroxyl groups excluding tert-OH is 1. The Labute approximate surface area is 243 Å². The third kappa shape index (κ3) is 7.28. The van der Waals surface area contributed by atoms with Crippen molar-refractivity contribution in [3.05, 3.63) is 83.9 Å². The van der Waals surface area contributed by atoms with Crippen LogP contribution in [0.1, 0.15) is 56.6 Å². The van der Waals surface area contributed by atoms with Crippen molar-refractivity contribution >= 4 is 21.8 Å². The number of carbonyl (C=O) groups is 1. The Hall–Kier alpha value is -3.40. The summed E-state index contributed by atoms with van der Waals surface area (Å²) in [7, 11) is -3.82. The summed E-state index contributed by atoms with van der Waals surface area (Å²) >= 11 is 0. The number of alkyl carbamates (subject to hydrolysis) is 1. The summed E-state index contributed by atoms with van der Waals surface area (Å²) in [5, 5.41) is 13.0. The van der Waals surface area contributed by atoms with E-state index < -0.39 is 22.2 Å². The van der Waals surface area contributed by atoms with Gasteiger partial charge in [0.15, 0.2) is 0 Å². The van der Waals surface area contributed by atoms with E-state index in [0.29, 0.717) is 38.0 Å². The monoisotopic (exact) mass is 579 g/mol. The van der Waals surface area contributed by atoms with Crippen molar-refractivity contribution in [1.82, 2.24) is 9.62 Å². The number of hydrogen-bond donors (Lipinski definition) is 3. The van der Waals surface area contributed by atoms with Crippen LogP contribution < -0.4 is 11.1 Å². The fraction of sp³-hybridized carbons (Fsp3) is 0.406. The van der Waals surface area contributed by atoms with Crippen LogP contribution in [0.2, 0.25) is 0 Å². The van der Waals surface area contributed by atoms with Gasteiger partial charge in [-0.2, -0.15) is 4.31 Å². The molecule has 0 bridgehead atoms. The predicted molar refractivity (Wildman–Crippen MR) is 162 cm³/mol. The number of unbranched alkanes of at least 4 members (excludes halogenated alkanes) is 1. The molecule has 1 unspecified atom stereocenters. The molecular formula is C32H41N3O5S. The van der Waals surface area contributed by atoms with Gasteiger partial charge >= 0.3 is 6.09 Å². The van der Waals surface area contributed by atoms with Gasteiger partial charge in [-0.05, 0) is 65.3 Å². The number of nitrogens with two attached hydrogens (primary N) is 1. The molecule has 0 spiro atoms. The van der Waals surface area contributed by atoms with Crippen molar-refractivity contribution < 1.29 is 23.1 Å². The van der Waals surface area contributed by atoms with E-state index in [1.54, 1.807) is 12.1 Å². The minimum absolute atomic E-state index is 0.00189. The van der Waals surface area contributed by atoms with Gasteiger partial charge in [-0.3, -0.25) is 0 Å². The number of nitrogens with zero attached hydrogens (tertiary/aromatic N) is 1. The maximum atomic E-state index is 13.5. The summed E-state index contributed by atoms with van der Waals surface area (Å²) in [5.74, 6) is 0.126. The van der Waals surface area contributed by atoms with Gasteiger partial charge in [0.1, 0.15) is 6.61 Å². The van der Waals surface area contributed by atoms with Gasteiger partial charge < -0.3 is 20.9 Å². The van der Waals surface area contributed by atoms with Gasteiger partial charge in [0.05, 0.1) is 11.5 Å². The molecule has 3 aromatic rings. The molecule has 0 saturated carbocycles. The van der Waals surface area contributed by atoms with Crippen LogP contribution in [0.4, 0.5) is 10.5 Å². The fourth-order valence-electron chi connectivity index (χ4n) is 5.33. The smallest absolute Gasteiger partial charge is 0.407 e. The Balaban J connectivity index is 1.28. The second-order valence-electron chi connectivity index (χ2n) is 10.7. The molecule has 0 fully saturated rings. The van der Waals surface area contributed by atoms with Gasteiger partial charge in [0.2, 0.25) is 10.0 Å². The Morgan fingerprint density at radius 3 is 2.20 bits per heavy atom. The first-order valence-corrected chi connectivity index (χ1v) is 15.8. The third-order valence-electron chi connectivity index (χ3n) is 7.87. The van der Waals surface area contributed by atoms with Crippen molar-refractivity contribution in [2.75, 3.05) is 32.0 Å². The van der Waals surface area contributed by atoms with Crippen LogP contribution in [-0.2, 0) is 14.8 Å². The molecule has 1 amide bonds. The normalized spacial score (nSPS) is 14.3. The summed E-state index contributed by atoms with van der Waals surface area (Å²) in [6.07, 6.45) is 2.06. The van der Waals surface area contributed by atoms with Crippen LogP contribution in [0.15, 0.2) is 77.7 Å². The molecule has 1 aliphatic rings. The number of amides is 1. The molecular weight excluding hydrogens is 538 g/mol. The first-order chi connectivity index (χ1) is 19.8. The number of nitrogens with one attached hydrogen (secondary N) is 1. The third-order valence-corrected chi connectivity index (χ3v) is 9.80. The molecule has 0 aromatic heterocycles. The van der Waals surface area contributed by atoms with Crippen LogP contribution >= 0.6 is 0 Å². The molecule has 0 aliphatic heterocycles. The topological polar surface area (TPSA) is 122 Å². The number of ether oxygens (including phenoxy) is 1. The van der Waals surface area contributed by atoms with Crippen LogP contribution in [0, 0.1) is 5.92 Å². The molecule has 2 atom stereocenters. The van der Waals surface area contributed by atoms with Crippen molar-refractivity contribution in [1.29, 1.82) is 0 Å². The summed E-state index contributed by atoms with van der Waals surface area (Å²) in [4.78, 5) is 12.6. The number of rotatable bonds is 14. The van der Waals surface area contributed by atoms with Crippen molar-refractivity contribution in [3.8, 4) is 11.1 Å². The summed E-state index contributed by atoms with van der Waals surface area (Å²) in [5.41, 5.74) is 10.9. The largest absolute Gasteiger partial charge is 0.449 e. The summed E-state index contributed by atoms with van der Waals surface area (Å²) in [6, 6.07) is 22.0. The molecule has 4 rings (SSSR count). The Morgan fingerprint density at radius 1 is 1.00 bits per heavy atom. The standard InChI is InChI=1S/C32H41N3O5S/c1-3-23(2)20-35(41(38,39)26-17-15-24(33)16-18-26)25(21-36)10-8-9-19-34-32(37)40-22-31-29-13-6-4-11-27(29)28-12-5-7-14-30(28)31/h4-7,11-18,23,25,31,36H,3,8-10,19-22,33H2,1-2H3,(H,34,37)/t23?,25-/m0/s1. The molecule has 220 valence electrons. The first kappa shape index (κ1) is 30.6. The number of carbonyl (C=O) groups excluding carboxylic acids is 1. The van der Waals surface area contributed by atoms with Crippen molar-refractivity contribution in [2.24, 2.45) is 5.92 Å². The Bertz CT molecular complexity index is 1370. The van der Waals surface area contributed by atoms with Crippen LogP contribution in [0.25, 0.3) is 11.1 Å². The van der Waals surface area contributed by atoms with E-state index >= 15 is 0 Å². The number of fused-ring (bicyclic) bond motifs is 3. The zero-order valence-corrected chi connectivity index (χ0v) is 24.6. The minimum atomic E-state index is -3.82. The van der Waals surface area contributed by atoms with Gasteiger partial charge in [-0.15, -0.1) is 0 Å². The number of hydrogen-bond acceptors (Lipinski definition) is 6. The highest BCUT2D eigenvalue weighted by molar-refractivity contribution is 7.89. The van der Waals surface area contributed by atoms with Crippen LogP contribution in [-0.4, -0.2) is 56.3 Å². The van der Waals surface area contributed by atoms with E-state index in [1.165, 1.54) is 27.6 Å². The number of benzene rings is 3. The molecule has 0 saturated heterocycles. The van der Waals surface area contributed by atoms with E-state index in [4.69, 9.17) is 10.5 Å². The molecule has 1 aliphatic carbocycles. The highest BCUT2D eigenvalue weighted by Crippen LogP contribution is 2.44. The lowest BCUT2D eigenvalue weighted by Crippen LogP contribution is -2.44. The highest BCUT2D eigenvalue weighted by Gasteiger charge is 2.32. The van der Waals surface area contributed by atoms with Crippen molar-refractivity contribution in [2.45, 2.75) is 56.4 Å². The quantitative estimate of drug-likeness (QED) is 0.174. The fourth-order valence-corrected chi connectivity index (χ4v) is 7.09. The van der Waals surface area contributed by atoms with E-state index in [9.17, 15) is 18.3 Å². The lowest BCUT2D eigenvalue weighted by molar-refractivity contribution is 0.142. The number of sulfonamides is 1. The number of nitrogen functional groups attached to an aromatic ring is 1. The predicted octanol–water partition coefficient (Wildman–Crippen LogP) is 5.38. The zero-order valence-electron chi connectivity index (χ0n) is 23.8. The lowest BCUT2D eigenvalue weighted by Gasteiger charge is -2.32. The van der Waals surface area contributed by atoms with E-state index in [0.717, 1.165) is 17.5 Å². The number of anilines is 1. The van der Waals surface area contributed by atoms with Crippen LogP contribution in [0.5, 0.6) is 0 Å². The second-order valence-corrected chi connectivity index (χ2v) is 12.6. The molecule has 41 heavy (non-hydrogen) atoms. The summed E-state index contributed by atoms with van der Waals surface area (Å²) in [6.45, 7) is 4.68. The van der Waals surface area contributed by atoms with Crippen molar-refractivity contribution in [3.63, 3.8) is 0 Å². The zero-order chi connectivity index (χ0) is 29.4. The second kappa shape index (κ2) is 14.0. The highest BCUT2D eigenvalue weighted by atomic mass is 32.2. The lowest BCUT2D eigenvalue weighted by atomic mass is 9.98. The van der Waals surface area contributed by atoms with E-state index in [-0.39, 0.29) is 29.9 Å². The maximum Gasteiger partial charge on any atom is 0.407 e. The average molecular weight is 580 g/mol. The molecule has 3 aromatic carbocycles. The molecule has 9 heteroatoms. The van der Waals surface area contributed by atoms with Crippen LogP contribution in [0.3, 0.4) is 0 Å². The average Bonchev–Trinajstić information content (AvgIpc) is 3.30. The van der Waals surface area contributed by atoms with Gasteiger partial charge in [-0.25, -0.2) is 13.2 Å². The van der Waals surface area contributed by atoms with E-state index in [1.807, 2.05) is 38.1 Å². The summed E-state index contributed by atoms with van der Waals surface area (Å²) < 4.78 is 34.0. The van der Waals surface area contributed by atoms with Gasteiger partial charge in [0.25, 0.3) is 0 Å². The molecule has 0 radical (unpaired) electrons. The molecule has 4 N–H and O–H groups in total. The SMILES string of the molecule is CCC(C)CN([C@H](CO)CCCCNC(=O)OCC1c2ccccc2-c2ccccc21)S(=O)(=O)c1ccc(N)cc1. The van der Waals surface area contributed by atoms with E-state index in [2.05, 4.69) is 29.6 Å².